The fourth-order valence-corrected chi connectivity index (χ4v) is 2.85. The number of nitrogens with one attached hydrogen (secondary N) is 3. The largest absolute Gasteiger partial charge is 0.376 e. The van der Waals surface area contributed by atoms with Gasteiger partial charge in [0.1, 0.15) is 0 Å². The van der Waals surface area contributed by atoms with Crippen LogP contribution in [-0.2, 0) is 9.59 Å². The van der Waals surface area contributed by atoms with Crippen LogP contribution in [0.3, 0.4) is 0 Å². The molecule has 0 unspecified atom stereocenters. The monoisotopic (exact) mass is 394 g/mol. The molecule has 2 aromatic rings. The van der Waals surface area contributed by atoms with Crippen molar-refractivity contribution in [3.63, 3.8) is 0 Å². The van der Waals surface area contributed by atoms with Gasteiger partial charge >= 0.3 is 0 Å². The van der Waals surface area contributed by atoms with Gasteiger partial charge in [-0.05, 0) is 61.7 Å². The maximum atomic E-state index is 12.3. The molecule has 0 bridgehead atoms. The van der Waals surface area contributed by atoms with Crippen molar-refractivity contribution in [2.24, 2.45) is 5.92 Å². The molecule has 7 nitrogen and oxygen atoms in total. The van der Waals surface area contributed by atoms with Crippen LogP contribution in [0.25, 0.3) is 0 Å². The Morgan fingerprint density at radius 3 is 2.17 bits per heavy atom. The molecule has 3 rings (SSSR count). The van der Waals surface area contributed by atoms with Crippen LogP contribution in [0, 0.1) is 12.8 Å². The van der Waals surface area contributed by atoms with Crippen LogP contribution in [0.1, 0.15) is 28.8 Å². The van der Waals surface area contributed by atoms with E-state index in [9.17, 15) is 14.4 Å². The normalized spacial score (nSPS) is 12.8. The van der Waals surface area contributed by atoms with E-state index in [-0.39, 0.29) is 30.2 Å². The minimum atomic E-state index is -0.202. The summed E-state index contributed by atoms with van der Waals surface area (Å²) in [5.74, 6) is -0.115. The van der Waals surface area contributed by atoms with Gasteiger partial charge < -0.3 is 20.9 Å². The summed E-state index contributed by atoms with van der Waals surface area (Å²) in [7, 11) is 3.40. The lowest BCUT2D eigenvalue weighted by atomic mass is 10.1. The standard InChI is InChI=1S/C22H26N4O3/c1-14-18(5-4-6-19(14)25-21(28)15-7-8-15)24-20(27)13-23-17-11-9-16(10-12-17)22(29)26(2)3/h4-6,9-12,15,23H,7-8,13H2,1-3H3,(H,24,27)(H,25,28). The molecule has 29 heavy (non-hydrogen) atoms. The summed E-state index contributed by atoms with van der Waals surface area (Å²) < 4.78 is 0. The Bertz CT molecular complexity index is 918. The van der Waals surface area contributed by atoms with Gasteiger partial charge in [0.05, 0.1) is 6.54 Å². The number of benzene rings is 2. The van der Waals surface area contributed by atoms with Crippen molar-refractivity contribution in [3.8, 4) is 0 Å². The molecule has 7 heteroatoms. The summed E-state index contributed by atoms with van der Waals surface area (Å²) in [5, 5.41) is 8.84. The predicted molar refractivity (Wildman–Crippen MR) is 114 cm³/mol. The number of nitrogens with zero attached hydrogens (tertiary/aromatic N) is 1. The summed E-state index contributed by atoms with van der Waals surface area (Å²) in [4.78, 5) is 37.7. The van der Waals surface area contributed by atoms with Gasteiger partial charge in [-0.15, -0.1) is 0 Å². The summed E-state index contributed by atoms with van der Waals surface area (Å²) in [5.41, 5.74) is 3.54. The SMILES string of the molecule is Cc1c(NC(=O)CNc2ccc(C(=O)N(C)C)cc2)cccc1NC(=O)C1CC1. The molecule has 0 aliphatic heterocycles. The first-order chi connectivity index (χ1) is 13.8. The van der Waals surface area contributed by atoms with Gasteiger partial charge in [0, 0.05) is 42.6 Å². The average Bonchev–Trinajstić information content (AvgIpc) is 3.54. The molecule has 2 aromatic carbocycles. The highest BCUT2D eigenvalue weighted by Gasteiger charge is 2.29. The zero-order valence-electron chi connectivity index (χ0n) is 16.9. The van der Waals surface area contributed by atoms with Crippen molar-refractivity contribution < 1.29 is 14.4 Å². The van der Waals surface area contributed by atoms with E-state index < -0.39 is 0 Å². The third kappa shape index (κ3) is 5.34. The molecule has 0 spiro atoms. The topological polar surface area (TPSA) is 90.5 Å². The van der Waals surface area contributed by atoms with E-state index in [1.54, 1.807) is 44.4 Å². The second-order valence-electron chi connectivity index (χ2n) is 7.42. The van der Waals surface area contributed by atoms with Crippen molar-refractivity contribution in [3.05, 3.63) is 53.6 Å². The molecule has 0 aromatic heterocycles. The Morgan fingerprint density at radius 1 is 0.966 bits per heavy atom. The third-order valence-electron chi connectivity index (χ3n) is 4.80. The van der Waals surface area contributed by atoms with Gasteiger partial charge in [0.2, 0.25) is 11.8 Å². The van der Waals surface area contributed by atoms with Crippen LogP contribution in [0.5, 0.6) is 0 Å². The Hall–Kier alpha value is -3.35. The van der Waals surface area contributed by atoms with Crippen LogP contribution in [0.4, 0.5) is 17.1 Å². The van der Waals surface area contributed by atoms with E-state index in [1.807, 2.05) is 19.1 Å². The second kappa shape index (κ2) is 8.77. The van der Waals surface area contributed by atoms with E-state index in [0.29, 0.717) is 16.9 Å². The van der Waals surface area contributed by atoms with Gasteiger partial charge in [-0.1, -0.05) is 6.07 Å². The first-order valence-electron chi connectivity index (χ1n) is 9.61. The van der Waals surface area contributed by atoms with E-state index in [0.717, 1.165) is 24.1 Å². The lowest BCUT2D eigenvalue weighted by Gasteiger charge is -2.14. The molecule has 0 saturated heterocycles. The number of amides is 3. The maximum absolute atomic E-state index is 12.3. The molecule has 152 valence electrons. The summed E-state index contributed by atoms with van der Waals surface area (Å²) in [6.07, 6.45) is 1.88. The quantitative estimate of drug-likeness (QED) is 0.673. The Kier molecular flexibility index (Phi) is 6.16. The summed E-state index contributed by atoms with van der Waals surface area (Å²) in [6, 6.07) is 12.4. The van der Waals surface area contributed by atoms with Crippen molar-refractivity contribution in [2.75, 3.05) is 36.6 Å². The van der Waals surface area contributed by atoms with Crippen LogP contribution >= 0.6 is 0 Å². The molecule has 1 fully saturated rings. The van der Waals surface area contributed by atoms with E-state index >= 15 is 0 Å². The fraction of sp³-hybridized carbons (Fsp3) is 0.318. The lowest BCUT2D eigenvalue weighted by molar-refractivity contribution is -0.117. The third-order valence-corrected chi connectivity index (χ3v) is 4.80. The highest BCUT2D eigenvalue weighted by atomic mass is 16.2. The number of anilines is 3. The molecule has 0 heterocycles. The molecule has 3 amide bonds. The smallest absolute Gasteiger partial charge is 0.253 e. The van der Waals surface area contributed by atoms with E-state index in [4.69, 9.17) is 0 Å². The highest BCUT2D eigenvalue weighted by molar-refractivity contribution is 5.98. The molecule has 0 radical (unpaired) electrons. The second-order valence-corrected chi connectivity index (χ2v) is 7.42. The molecular weight excluding hydrogens is 368 g/mol. The summed E-state index contributed by atoms with van der Waals surface area (Å²) >= 11 is 0. The molecule has 1 aliphatic carbocycles. The minimum Gasteiger partial charge on any atom is -0.376 e. The molecular formula is C22H26N4O3. The first kappa shape index (κ1) is 20.4. The predicted octanol–water partition coefficient (Wildman–Crippen LogP) is 3.10. The molecule has 3 N–H and O–H groups in total. The Labute approximate surface area is 170 Å². The van der Waals surface area contributed by atoms with Crippen LogP contribution in [0.15, 0.2) is 42.5 Å². The molecule has 1 saturated carbocycles. The number of hydrogen-bond acceptors (Lipinski definition) is 4. The van der Waals surface area contributed by atoms with Gasteiger partial charge in [-0.3, -0.25) is 14.4 Å². The average molecular weight is 394 g/mol. The number of carbonyl (C=O) groups excluding carboxylic acids is 3. The van der Waals surface area contributed by atoms with Gasteiger partial charge in [0.15, 0.2) is 0 Å². The zero-order valence-corrected chi connectivity index (χ0v) is 16.9. The van der Waals surface area contributed by atoms with Crippen molar-refractivity contribution in [1.29, 1.82) is 0 Å². The van der Waals surface area contributed by atoms with Crippen molar-refractivity contribution in [2.45, 2.75) is 19.8 Å². The zero-order chi connectivity index (χ0) is 21.0. The van der Waals surface area contributed by atoms with Crippen molar-refractivity contribution >= 4 is 34.8 Å². The fourth-order valence-electron chi connectivity index (χ4n) is 2.85. The minimum absolute atomic E-state index is 0.0365. The van der Waals surface area contributed by atoms with Crippen LogP contribution in [-0.4, -0.2) is 43.3 Å². The van der Waals surface area contributed by atoms with Gasteiger partial charge in [-0.2, -0.15) is 0 Å². The van der Waals surface area contributed by atoms with E-state index in [2.05, 4.69) is 16.0 Å². The number of carbonyl (C=O) groups is 3. The summed E-state index contributed by atoms with van der Waals surface area (Å²) in [6.45, 7) is 1.95. The van der Waals surface area contributed by atoms with Crippen LogP contribution in [0.2, 0.25) is 0 Å². The Morgan fingerprint density at radius 2 is 1.59 bits per heavy atom. The maximum Gasteiger partial charge on any atom is 0.253 e. The number of rotatable bonds is 7. The van der Waals surface area contributed by atoms with Crippen LogP contribution < -0.4 is 16.0 Å². The first-order valence-corrected chi connectivity index (χ1v) is 9.61. The highest BCUT2D eigenvalue weighted by Crippen LogP contribution is 2.31. The number of hydrogen-bond donors (Lipinski definition) is 3. The lowest BCUT2D eigenvalue weighted by Crippen LogP contribution is -2.23. The van der Waals surface area contributed by atoms with Gasteiger partial charge in [0.25, 0.3) is 5.91 Å². The Balaban J connectivity index is 1.55. The molecule has 1 aliphatic rings. The van der Waals surface area contributed by atoms with Gasteiger partial charge in [-0.25, -0.2) is 0 Å². The van der Waals surface area contributed by atoms with Crippen molar-refractivity contribution in [1.82, 2.24) is 4.90 Å². The van der Waals surface area contributed by atoms with E-state index in [1.165, 1.54) is 4.90 Å². The molecule has 0 atom stereocenters.